The third-order valence-corrected chi connectivity index (χ3v) is 4.80. The zero-order chi connectivity index (χ0) is 19.0. The summed E-state index contributed by atoms with van der Waals surface area (Å²) in [5.74, 6) is 0.246. The summed E-state index contributed by atoms with van der Waals surface area (Å²) < 4.78 is 46.7. The van der Waals surface area contributed by atoms with Gasteiger partial charge in [-0.05, 0) is 25.0 Å². The van der Waals surface area contributed by atoms with Crippen LogP contribution in [0.25, 0.3) is 0 Å². The van der Waals surface area contributed by atoms with Crippen LogP contribution in [0, 0.1) is 0 Å². The molecule has 0 spiro atoms. The van der Waals surface area contributed by atoms with Crippen LogP contribution in [0.1, 0.15) is 46.9 Å². The molecule has 0 unspecified atom stereocenters. The van der Waals surface area contributed by atoms with E-state index in [2.05, 4.69) is 15.1 Å². The van der Waals surface area contributed by atoms with Gasteiger partial charge in [0.15, 0.2) is 11.6 Å². The summed E-state index contributed by atoms with van der Waals surface area (Å²) in [4.78, 5) is 20.8. The minimum atomic E-state index is -4.50. The Bertz CT molecular complexity index is 898. The number of Topliss-reactive ketones (excluding diaryl/α,β-unsaturated/α-hetero) is 1. The van der Waals surface area contributed by atoms with E-state index in [4.69, 9.17) is 4.74 Å². The third-order valence-electron chi connectivity index (χ3n) is 4.80. The fourth-order valence-electron chi connectivity index (χ4n) is 3.46. The van der Waals surface area contributed by atoms with Crippen LogP contribution in [0.5, 0.6) is 0 Å². The largest absolute Gasteiger partial charge is 0.418 e. The van der Waals surface area contributed by atoms with Crippen molar-refractivity contribution in [2.24, 2.45) is 4.99 Å². The van der Waals surface area contributed by atoms with Crippen molar-refractivity contribution in [3.05, 3.63) is 41.3 Å². The molecule has 2 aliphatic heterocycles. The van der Waals surface area contributed by atoms with Crippen molar-refractivity contribution in [3.63, 3.8) is 0 Å². The predicted molar refractivity (Wildman–Crippen MR) is 90.3 cm³/mol. The molecule has 9 heteroatoms. The summed E-state index contributed by atoms with van der Waals surface area (Å²) >= 11 is 0. The first-order valence-corrected chi connectivity index (χ1v) is 8.69. The third kappa shape index (κ3) is 3.51. The molecule has 0 aromatic carbocycles. The molecule has 2 aromatic heterocycles. The molecule has 27 heavy (non-hydrogen) atoms. The normalized spacial score (nSPS) is 18.3. The molecule has 0 amide bonds. The topological polar surface area (TPSA) is 69.4 Å². The van der Waals surface area contributed by atoms with Crippen molar-refractivity contribution in [1.82, 2.24) is 14.8 Å². The number of halogens is 3. The Morgan fingerprint density at radius 3 is 2.78 bits per heavy atom. The minimum Gasteiger partial charge on any atom is -0.381 e. The lowest BCUT2D eigenvalue weighted by atomic mass is 9.99. The molecular formula is C18H17F3N4O2. The number of aromatic nitrogens is 3. The maximum absolute atomic E-state index is 13.2. The van der Waals surface area contributed by atoms with E-state index in [1.54, 1.807) is 4.68 Å². The summed E-state index contributed by atoms with van der Waals surface area (Å²) in [7, 11) is 0. The van der Waals surface area contributed by atoms with E-state index in [0.717, 1.165) is 18.9 Å². The number of carbonyl (C=O) groups excluding carboxylic acids is 1. The molecule has 142 valence electrons. The number of alkyl halides is 3. The first-order valence-electron chi connectivity index (χ1n) is 8.69. The monoisotopic (exact) mass is 378 g/mol. The lowest BCUT2D eigenvalue weighted by Crippen LogP contribution is -2.22. The van der Waals surface area contributed by atoms with Crippen molar-refractivity contribution >= 4 is 17.3 Å². The maximum atomic E-state index is 13.2. The number of fused-ring (bicyclic) bond motifs is 1. The highest BCUT2D eigenvalue weighted by Crippen LogP contribution is 2.34. The van der Waals surface area contributed by atoms with Gasteiger partial charge < -0.3 is 4.74 Å². The van der Waals surface area contributed by atoms with Gasteiger partial charge in [-0.2, -0.15) is 18.3 Å². The predicted octanol–water partition coefficient (Wildman–Crippen LogP) is 3.55. The van der Waals surface area contributed by atoms with Crippen LogP contribution in [0.15, 0.2) is 29.5 Å². The molecule has 0 aliphatic carbocycles. The van der Waals surface area contributed by atoms with E-state index >= 15 is 0 Å². The van der Waals surface area contributed by atoms with Crippen LogP contribution < -0.4 is 0 Å². The zero-order valence-electron chi connectivity index (χ0n) is 14.4. The molecule has 4 rings (SSSR count). The quantitative estimate of drug-likeness (QED) is 0.819. The van der Waals surface area contributed by atoms with Gasteiger partial charge in [-0.15, -0.1) is 0 Å². The van der Waals surface area contributed by atoms with Gasteiger partial charge in [0.1, 0.15) is 0 Å². The van der Waals surface area contributed by atoms with E-state index < -0.39 is 11.7 Å². The molecular weight excluding hydrogens is 361 g/mol. The fraction of sp³-hybridized carbons (Fsp3) is 0.444. The van der Waals surface area contributed by atoms with Gasteiger partial charge in [-0.25, -0.2) is 9.67 Å². The van der Waals surface area contributed by atoms with E-state index in [1.807, 2.05) is 0 Å². The van der Waals surface area contributed by atoms with Crippen LogP contribution in [-0.2, 0) is 17.3 Å². The number of ether oxygens (including phenoxy) is 1. The number of rotatable bonds is 3. The van der Waals surface area contributed by atoms with Gasteiger partial charge in [0.05, 0.1) is 35.5 Å². The number of ketones is 1. The van der Waals surface area contributed by atoms with E-state index in [1.165, 1.54) is 18.5 Å². The lowest BCUT2D eigenvalue weighted by molar-refractivity contribution is -0.138. The molecule has 0 atom stereocenters. The first-order chi connectivity index (χ1) is 12.9. The van der Waals surface area contributed by atoms with Gasteiger partial charge in [-0.1, -0.05) is 0 Å². The highest BCUT2D eigenvalue weighted by molar-refractivity contribution is 6.15. The number of nitrogens with zero attached hydrogens (tertiary/aromatic N) is 4. The highest BCUT2D eigenvalue weighted by Gasteiger charge is 2.35. The molecule has 6 nitrogen and oxygen atoms in total. The smallest absolute Gasteiger partial charge is 0.381 e. The number of carbonyl (C=O) groups is 1. The summed E-state index contributed by atoms with van der Waals surface area (Å²) in [6, 6.07) is 2.31. The van der Waals surface area contributed by atoms with Crippen LogP contribution in [-0.4, -0.2) is 39.5 Å². The Kier molecular flexibility index (Phi) is 4.55. The summed E-state index contributed by atoms with van der Waals surface area (Å²) in [6.07, 6.45) is -0.335. The second-order valence-electron chi connectivity index (χ2n) is 6.62. The van der Waals surface area contributed by atoms with Gasteiger partial charge in [0.2, 0.25) is 0 Å². The average Bonchev–Trinajstić information content (AvgIpc) is 3.06. The molecule has 0 bridgehead atoms. The van der Waals surface area contributed by atoms with Crippen LogP contribution in [0.2, 0.25) is 0 Å². The van der Waals surface area contributed by atoms with Crippen molar-refractivity contribution in [1.29, 1.82) is 0 Å². The lowest BCUT2D eigenvalue weighted by Gasteiger charge is -2.24. The molecule has 0 saturated carbocycles. The standard InChI is InChI=1S/C18H17F3N4O2/c19-18(20,21)14-2-1-5-22-15(14)8-11-9-16(26)13-10-23-25(17(13)24-11)12-3-6-27-7-4-12/h1-2,5,10,12H,3-4,6-9H2. The molecule has 1 fully saturated rings. The summed E-state index contributed by atoms with van der Waals surface area (Å²) in [5.41, 5.74) is -0.145. The van der Waals surface area contributed by atoms with Gasteiger partial charge in [0.25, 0.3) is 0 Å². The molecule has 4 heterocycles. The Hall–Kier alpha value is -2.55. The van der Waals surface area contributed by atoms with E-state index in [9.17, 15) is 18.0 Å². The van der Waals surface area contributed by atoms with Gasteiger partial charge in [-0.3, -0.25) is 9.78 Å². The molecule has 1 saturated heterocycles. The van der Waals surface area contributed by atoms with Gasteiger partial charge in [0, 0.05) is 31.5 Å². The Morgan fingerprint density at radius 1 is 1.26 bits per heavy atom. The van der Waals surface area contributed by atoms with Crippen molar-refractivity contribution in [2.75, 3.05) is 13.2 Å². The maximum Gasteiger partial charge on any atom is 0.418 e. The number of hydrogen-bond donors (Lipinski definition) is 0. The molecule has 0 N–H and O–H groups in total. The summed E-state index contributed by atoms with van der Waals surface area (Å²) in [5, 5.41) is 4.31. The Morgan fingerprint density at radius 2 is 2.04 bits per heavy atom. The van der Waals surface area contributed by atoms with Gasteiger partial charge >= 0.3 is 6.18 Å². The van der Waals surface area contributed by atoms with E-state index in [-0.39, 0.29) is 30.4 Å². The SMILES string of the molecule is O=C1CC(Cc2ncccc2C(F)(F)F)=Nc2c1cnn2C1CCOCC1. The highest BCUT2D eigenvalue weighted by atomic mass is 19.4. The Labute approximate surface area is 153 Å². The molecule has 0 radical (unpaired) electrons. The van der Waals surface area contributed by atoms with Crippen molar-refractivity contribution in [2.45, 2.75) is 37.9 Å². The second-order valence-corrected chi connectivity index (χ2v) is 6.62. The van der Waals surface area contributed by atoms with Crippen LogP contribution >= 0.6 is 0 Å². The number of pyridine rings is 1. The number of aliphatic imine (C=N–C) groups is 1. The van der Waals surface area contributed by atoms with Crippen molar-refractivity contribution < 1.29 is 22.7 Å². The molecule has 2 aliphatic rings. The Balaban J connectivity index is 1.67. The zero-order valence-corrected chi connectivity index (χ0v) is 14.4. The van der Waals surface area contributed by atoms with Crippen LogP contribution in [0.4, 0.5) is 19.0 Å². The van der Waals surface area contributed by atoms with E-state index in [0.29, 0.717) is 30.3 Å². The average molecular weight is 378 g/mol. The number of hydrogen-bond acceptors (Lipinski definition) is 5. The minimum absolute atomic E-state index is 0.0274. The van der Waals surface area contributed by atoms with Crippen LogP contribution in [0.3, 0.4) is 0 Å². The molecule has 2 aromatic rings. The summed E-state index contributed by atoms with van der Waals surface area (Å²) in [6.45, 7) is 1.21. The van der Waals surface area contributed by atoms with Crippen molar-refractivity contribution in [3.8, 4) is 0 Å². The first kappa shape index (κ1) is 17.8. The second kappa shape index (κ2) is 6.88. The fourth-order valence-corrected chi connectivity index (χ4v) is 3.46.